The number of hydrogen-bond acceptors (Lipinski definition) is 9. The van der Waals surface area contributed by atoms with Crippen molar-refractivity contribution in [2.24, 2.45) is 17.8 Å². The van der Waals surface area contributed by atoms with Gasteiger partial charge in [-0.15, -0.1) is 0 Å². The molecule has 11 nitrogen and oxygen atoms in total. The highest BCUT2D eigenvalue weighted by Gasteiger charge is 2.67. The van der Waals surface area contributed by atoms with Crippen LogP contribution < -0.4 is 31.0 Å². The number of hydrogen-bond donors (Lipinski definition) is 4. The summed E-state index contributed by atoms with van der Waals surface area (Å²) in [5, 5.41) is 6.67. The number of nitrogens with zero attached hydrogens (tertiary/aromatic N) is 2. The molecule has 0 bridgehead atoms. The van der Waals surface area contributed by atoms with Gasteiger partial charge in [0, 0.05) is 30.7 Å². The minimum Gasteiger partial charge on any atom is -0.497 e. The van der Waals surface area contributed by atoms with Crippen LogP contribution in [0, 0.1) is 17.8 Å². The molecule has 2 saturated heterocycles. The van der Waals surface area contributed by atoms with E-state index in [-0.39, 0.29) is 18.0 Å². The lowest BCUT2D eigenvalue weighted by Crippen LogP contribution is -2.41. The second-order valence-corrected chi connectivity index (χ2v) is 11.6. The number of fused-ring (bicyclic) bond motifs is 3. The van der Waals surface area contributed by atoms with E-state index in [2.05, 4.69) is 26.5 Å². The van der Waals surface area contributed by atoms with E-state index in [1.54, 1.807) is 25.2 Å². The first-order chi connectivity index (χ1) is 19.5. The van der Waals surface area contributed by atoms with Crippen molar-refractivity contribution < 1.29 is 23.8 Å². The summed E-state index contributed by atoms with van der Waals surface area (Å²) in [6, 6.07) is 9.82. The van der Waals surface area contributed by atoms with Crippen LogP contribution in [0.5, 0.6) is 11.6 Å². The lowest BCUT2D eigenvalue weighted by molar-refractivity contribution is -0.118. The van der Waals surface area contributed by atoms with Crippen molar-refractivity contribution in [2.75, 3.05) is 51.2 Å². The predicted molar refractivity (Wildman–Crippen MR) is 147 cm³/mol. The summed E-state index contributed by atoms with van der Waals surface area (Å²) in [5.74, 6) is 2.41. The number of amides is 2. The van der Waals surface area contributed by atoms with E-state index < -0.39 is 5.41 Å². The quantitative estimate of drug-likeness (QED) is 0.429. The molecule has 1 aromatic carbocycles. The number of nitrogens with one attached hydrogen (secondary N) is 4. The summed E-state index contributed by atoms with van der Waals surface area (Å²) in [6.45, 7) is 2.22. The highest BCUT2D eigenvalue weighted by molar-refractivity contribution is 6.09. The standard InChI is InChI=1S/C29H36N6O5/c1-38-17-4-6-21-19(14-17)29(28(37)32-21)15-20(29)16-3-5-18-24(13-16)33-34-25(18)30-22-7-8-23(31-26(22)39-2)27(36)35-9-11-40-12-10-35/h4,6-8,14,16,18,20,24-25,30,33-34H,3,5,9-13,15H2,1-2H3,(H,32,37)/t16?,18?,20-,24?,25?,29-/m0/s1. The summed E-state index contributed by atoms with van der Waals surface area (Å²) in [4.78, 5) is 32.3. The molecule has 0 radical (unpaired) electrons. The maximum absolute atomic E-state index is 13.1. The van der Waals surface area contributed by atoms with Crippen LogP contribution >= 0.6 is 0 Å². The third kappa shape index (κ3) is 4.10. The van der Waals surface area contributed by atoms with Crippen LogP contribution in [0.2, 0.25) is 0 Å². The van der Waals surface area contributed by atoms with Crippen molar-refractivity contribution >= 4 is 23.2 Å². The molecule has 11 heteroatoms. The Balaban J connectivity index is 1.01. The van der Waals surface area contributed by atoms with Gasteiger partial charge in [0.1, 0.15) is 11.4 Å². The van der Waals surface area contributed by atoms with Crippen molar-refractivity contribution in [3.63, 3.8) is 0 Å². The van der Waals surface area contributed by atoms with Gasteiger partial charge >= 0.3 is 0 Å². The van der Waals surface area contributed by atoms with Crippen LogP contribution in [-0.4, -0.2) is 74.4 Å². The Labute approximate surface area is 233 Å². The molecule has 40 heavy (non-hydrogen) atoms. The monoisotopic (exact) mass is 548 g/mol. The van der Waals surface area contributed by atoms with Gasteiger partial charge in [0.25, 0.3) is 5.91 Å². The Bertz CT molecular complexity index is 1330. The fraction of sp³-hybridized carbons (Fsp3) is 0.552. The van der Waals surface area contributed by atoms with E-state index in [0.29, 0.717) is 61.7 Å². The number of ether oxygens (including phenoxy) is 3. The molecule has 1 aromatic heterocycles. The normalized spacial score (nSPS) is 32.3. The minimum atomic E-state index is -0.412. The smallest absolute Gasteiger partial charge is 0.272 e. The second kappa shape index (κ2) is 9.90. The number of methoxy groups -OCH3 is 2. The van der Waals surface area contributed by atoms with Crippen LogP contribution in [0.25, 0.3) is 0 Å². The van der Waals surface area contributed by atoms with E-state index in [9.17, 15) is 9.59 Å². The van der Waals surface area contributed by atoms with Gasteiger partial charge in [-0.2, -0.15) is 0 Å². The third-order valence-electron chi connectivity index (χ3n) is 9.62. The summed E-state index contributed by atoms with van der Waals surface area (Å²) in [5.41, 5.74) is 9.67. The summed E-state index contributed by atoms with van der Waals surface area (Å²) < 4.78 is 16.4. The fourth-order valence-electron chi connectivity index (χ4n) is 7.44. The van der Waals surface area contributed by atoms with Gasteiger partial charge in [-0.3, -0.25) is 15.0 Å². The molecule has 2 saturated carbocycles. The second-order valence-electron chi connectivity index (χ2n) is 11.6. The summed E-state index contributed by atoms with van der Waals surface area (Å²) in [7, 11) is 3.24. The average Bonchev–Trinajstić information content (AvgIpc) is 3.55. The third-order valence-corrected chi connectivity index (χ3v) is 9.62. The van der Waals surface area contributed by atoms with Gasteiger partial charge in [0.15, 0.2) is 0 Å². The maximum Gasteiger partial charge on any atom is 0.272 e. The molecule has 4 fully saturated rings. The van der Waals surface area contributed by atoms with E-state index in [0.717, 1.165) is 48.4 Å². The van der Waals surface area contributed by atoms with E-state index in [1.165, 1.54) is 0 Å². The number of carbonyl (C=O) groups excluding carboxylic acids is 2. The van der Waals surface area contributed by atoms with Crippen molar-refractivity contribution in [3.05, 3.63) is 41.6 Å². The Hall–Kier alpha value is -3.41. The summed E-state index contributed by atoms with van der Waals surface area (Å²) >= 11 is 0. The van der Waals surface area contributed by atoms with Gasteiger partial charge in [0.2, 0.25) is 11.8 Å². The maximum atomic E-state index is 13.1. The SMILES string of the molecule is COc1ccc2c(c1)[C@]1(C[C@H]1C1CCC3C(C1)NNC3Nc1ccc(C(=O)N3CCOCC3)nc1OC)C(=O)N2. The number of pyridine rings is 1. The largest absolute Gasteiger partial charge is 0.497 e. The number of benzene rings is 1. The Kier molecular flexibility index (Phi) is 6.32. The lowest BCUT2D eigenvalue weighted by atomic mass is 9.74. The van der Waals surface area contributed by atoms with Gasteiger partial charge in [-0.05, 0) is 73.4 Å². The summed E-state index contributed by atoms with van der Waals surface area (Å²) in [6.07, 6.45) is 4.01. The van der Waals surface area contributed by atoms with Crippen molar-refractivity contribution in [3.8, 4) is 11.6 Å². The molecule has 7 rings (SSSR count). The van der Waals surface area contributed by atoms with Gasteiger partial charge in [-0.25, -0.2) is 10.4 Å². The predicted octanol–water partition coefficient (Wildman–Crippen LogP) is 2.11. The van der Waals surface area contributed by atoms with Crippen LogP contribution in [0.1, 0.15) is 41.7 Å². The molecular formula is C29H36N6O5. The van der Waals surface area contributed by atoms with Crippen LogP contribution in [0.4, 0.5) is 11.4 Å². The molecule has 2 aromatic rings. The number of carbonyl (C=O) groups is 2. The van der Waals surface area contributed by atoms with E-state index in [4.69, 9.17) is 14.2 Å². The van der Waals surface area contributed by atoms with Crippen LogP contribution in [-0.2, 0) is 14.9 Å². The zero-order chi connectivity index (χ0) is 27.4. The Morgan fingerprint density at radius 1 is 1.12 bits per heavy atom. The van der Waals surface area contributed by atoms with Crippen molar-refractivity contribution in [1.29, 1.82) is 0 Å². The Morgan fingerprint density at radius 2 is 1.98 bits per heavy atom. The first-order valence-electron chi connectivity index (χ1n) is 14.2. The Morgan fingerprint density at radius 3 is 2.77 bits per heavy atom. The molecule has 5 aliphatic rings. The number of rotatable bonds is 6. The van der Waals surface area contributed by atoms with Crippen LogP contribution in [0.15, 0.2) is 30.3 Å². The molecule has 4 heterocycles. The zero-order valence-corrected chi connectivity index (χ0v) is 22.9. The zero-order valence-electron chi connectivity index (χ0n) is 22.9. The fourth-order valence-corrected chi connectivity index (χ4v) is 7.44. The molecule has 2 amide bonds. The number of aromatic nitrogens is 1. The molecule has 4 N–H and O–H groups in total. The van der Waals surface area contributed by atoms with Crippen molar-refractivity contribution in [2.45, 2.75) is 43.3 Å². The number of morpholine rings is 1. The molecular weight excluding hydrogens is 512 g/mol. The highest BCUT2D eigenvalue weighted by atomic mass is 16.5. The molecule has 212 valence electrons. The average molecular weight is 549 g/mol. The lowest BCUT2D eigenvalue weighted by Gasteiger charge is -2.34. The molecule has 3 aliphatic heterocycles. The van der Waals surface area contributed by atoms with Gasteiger partial charge in [-0.1, -0.05) is 0 Å². The number of anilines is 2. The van der Waals surface area contributed by atoms with Gasteiger partial charge in [0.05, 0.1) is 44.7 Å². The topological polar surface area (TPSA) is 126 Å². The van der Waals surface area contributed by atoms with E-state index >= 15 is 0 Å². The van der Waals surface area contributed by atoms with E-state index in [1.807, 2.05) is 24.3 Å². The van der Waals surface area contributed by atoms with Gasteiger partial charge < -0.3 is 29.7 Å². The van der Waals surface area contributed by atoms with Crippen LogP contribution in [0.3, 0.4) is 0 Å². The first kappa shape index (κ1) is 25.6. The molecule has 4 unspecified atom stereocenters. The number of hydrazine groups is 1. The first-order valence-corrected chi connectivity index (χ1v) is 14.2. The highest BCUT2D eigenvalue weighted by Crippen LogP contribution is 2.65. The molecule has 1 spiro atoms. The van der Waals surface area contributed by atoms with Crippen molar-refractivity contribution in [1.82, 2.24) is 20.7 Å². The molecule has 2 aliphatic carbocycles. The molecule has 6 atom stereocenters. The minimum absolute atomic E-state index is 0.00428.